The topological polar surface area (TPSA) is 87.2 Å². The number of hydrogen-bond acceptors (Lipinski definition) is 6. The molecule has 0 aromatic heterocycles. The van der Waals surface area contributed by atoms with Gasteiger partial charge in [0.2, 0.25) is 15.9 Å². The van der Waals surface area contributed by atoms with Gasteiger partial charge in [-0.25, -0.2) is 12.7 Å². The Bertz CT molecular complexity index is 857. The molecule has 9 heteroatoms. The standard InChI is InChI=1S/C23H37N3O5S/c1-23(2,3)31-21(27)17-25(16-15-24(4)5)22(28)20-11-13-26(14-12-20)32(29,30)18-19-9-7-6-8-10-19/h6-10,20H,11-18H2,1-5H3. The van der Waals surface area contributed by atoms with E-state index in [1.54, 1.807) is 37.8 Å². The van der Waals surface area contributed by atoms with Gasteiger partial charge >= 0.3 is 5.97 Å². The molecule has 1 fully saturated rings. The molecular weight excluding hydrogens is 430 g/mol. The van der Waals surface area contributed by atoms with E-state index in [0.717, 1.165) is 5.56 Å². The minimum Gasteiger partial charge on any atom is -0.459 e. The summed E-state index contributed by atoms with van der Waals surface area (Å²) in [6.45, 7) is 6.93. The lowest BCUT2D eigenvalue weighted by molar-refractivity contribution is -0.160. The number of hydrogen-bond donors (Lipinski definition) is 0. The zero-order valence-electron chi connectivity index (χ0n) is 19.9. The van der Waals surface area contributed by atoms with E-state index in [4.69, 9.17) is 4.74 Å². The first-order chi connectivity index (χ1) is 14.9. The molecule has 1 aromatic rings. The van der Waals surface area contributed by atoms with E-state index in [0.29, 0.717) is 39.0 Å². The Labute approximate surface area is 192 Å². The number of carbonyl (C=O) groups excluding carboxylic acids is 2. The third-order valence-electron chi connectivity index (χ3n) is 5.26. The van der Waals surface area contributed by atoms with Gasteiger partial charge in [0.15, 0.2) is 0 Å². The quantitative estimate of drug-likeness (QED) is 0.516. The molecule has 0 radical (unpaired) electrons. The van der Waals surface area contributed by atoms with Crippen LogP contribution >= 0.6 is 0 Å². The van der Waals surface area contributed by atoms with Crippen LogP contribution in [0.3, 0.4) is 0 Å². The lowest BCUT2D eigenvalue weighted by Crippen LogP contribution is -2.48. The SMILES string of the molecule is CN(C)CCN(CC(=O)OC(C)(C)C)C(=O)C1CCN(S(=O)(=O)Cc2ccccc2)CC1. The number of piperidine rings is 1. The Morgan fingerprint density at radius 3 is 2.19 bits per heavy atom. The maximum Gasteiger partial charge on any atom is 0.326 e. The fourth-order valence-corrected chi connectivity index (χ4v) is 5.20. The van der Waals surface area contributed by atoms with Gasteiger partial charge in [-0.15, -0.1) is 0 Å². The molecule has 180 valence electrons. The highest BCUT2D eigenvalue weighted by Crippen LogP contribution is 2.23. The van der Waals surface area contributed by atoms with Gasteiger partial charge in [-0.05, 0) is 53.3 Å². The van der Waals surface area contributed by atoms with Crippen molar-refractivity contribution >= 4 is 21.9 Å². The molecule has 1 heterocycles. The number of benzene rings is 1. The number of sulfonamides is 1. The zero-order valence-corrected chi connectivity index (χ0v) is 20.7. The Morgan fingerprint density at radius 2 is 1.66 bits per heavy atom. The summed E-state index contributed by atoms with van der Waals surface area (Å²) in [4.78, 5) is 29.0. The van der Waals surface area contributed by atoms with Gasteiger partial charge in [0.25, 0.3) is 0 Å². The van der Waals surface area contributed by atoms with Gasteiger partial charge in [0.1, 0.15) is 12.1 Å². The van der Waals surface area contributed by atoms with Crippen LogP contribution in [0.2, 0.25) is 0 Å². The van der Waals surface area contributed by atoms with Crippen LogP contribution in [0.4, 0.5) is 0 Å². The van der Waals surface area contributed by atoms with Gasteiger partial charge in [-0.3, -0.25) is 9.59 Å². The number of rotatable bonds is 9. The largest absolute Gasteiger partial charge is 0.459 e. The molecule has 32 heavy (non-hydrogen) atoms. The van der Waals surface area contributed by atoms with Gasteiger partial charge in [-0.1, -0.05) is 30.3 Å². The molecule has 1 aromatic carbocycles. The third kappa shape index (κ3) is 8.52. The second kappa shape index (κ2) is 11.2. The molecule has 2 rings (SSSR count). The first-order valence-corrected chi connectivity index (χ1v) is 12.7. The Hall–Kier alpha value is -1.97. The summed E-state index contributed by atoms with van der Waals surface area (Å²) in [7, 11) is 0.379. The average molecular weight is 468 g/mol. The molecule has 0 N–H and O–H groups in total. The highest BCUT2D eigenvalue weighted by atomic mass is 32.2. The van der Waals surface area contributed by atoms with Crippen molar-refractivity contribution in [1.82, 2.24) is 14.1 Å². The summed E-state index contributed by atoms with van der Waals surface area (Å²) >= 11 is 0. The van der Waals surface area contributed by atoms with Gasteiger partial charge in [0, 0.05) is 32.1 Å². The molecule has 0 bridgehead atoms. The van der Waals surface area contributed by atoms with Crippen LogP contribution in [-0.2, 0) is 30.1 Å². The summed E-state index contributed by atoms with van der Waals surface area (Å²) in [5.74, 6) is -0.895. The maximum absolute atomic E-state index is 13.2. The summed E-state index contributed by atoms with van der Waals surface area (Å²) in [5.41, 5.74) is 0.129. The monoisotopic (exact) mass is 467 g/mol. The number of ether oxygens (including phenoxy) is 1. The van der Waals surface area contributed by atoms with Crippen molar-refractivity contribution in [3.8, 4) is 0 Å². The van der Waals surface area contributed by atoms with Gasteiger partial charge in [-0.2, -0.15) is 0 Å². The first-order valence-electron chi connectivity index (χ1n) is 11.0. The fraction of sp³-hybridized carbons (Fsp3) is 0.652. The highest BCUT2D eigenvalue weighted by molar-refractivity contribution is 7.88. The minimum absolute atomic E-state index is 0.0416. The molecular formula is C23H37N3O5S. The van der Waals surface area contributed by atoms with Crippen molar-refractivity contribution in [3.63, 3.8) is 0 Å². The summed E-state index contributed by atoms with van der Waals surface area (Å²) in [6, 6.07) is 9.10. The summed E-state index contributed by atoms with van der Waals surface area (Å²) in [5, 5.41) is 0. The van der Waals surface area contributed by atoms with Crippen molar-refractivity contribution in [2.45, 2.75) is 45.0 Å². The second-order valence-corrected chi connectivity index (χ2v) is 11.5. The van der Waals surface area contributed by atoms with Crippen LogP contribution in [0.15, 0.2) is 30.3 Å². The zero-order chi connectivity index (χ0) is 23.9. The van der Waals surface area contributed by atoms with E-state index < -0.39 is 21.6 Å². The normalized spacial score (nSPS) is 16.2. The molecule has 1 aliphatic rings. The highest BCUT2D eigenvalue weighted by Gasteiger charge is 2.34. The Morgan fingerprint density at radius 1 is 1.06 bits per heavy atom. The number of carbonyl (C=O) groups is 2. The molecule has 8 nitrogen and oxygen atoms in total. The van der Waals surface area contributed by atoms with E-state index in [1.165, 1.54) is 4.31 Å². The Balaban J connectivity index is 1.98. The molecule has 1 aliphatic heterocycles. The average Bonchev–Trinajstić information content (AvgIpc) is 2.69. The van der Waals surface area contributed by atoms with E-state index in [1.807, 2.05) is 37.2 Å². The fourth-order valence-electron chi connectivity index (χ4n) is 3.63. The van der Waals surface area contributed by atoms with Crippen LogP contribution in [0, 0.1) is 5.92 Å². The first kappa shape index (κ1) is 26.3. The predicted octanol–water partition coefficient (Wildman–Crippen LogP) is 1.96. The van der Waals surface area contributed by atoms with Crippen molar-refractivity contribution in [2.24, 2.45) is 5.92 Å². The second-order valence-electron chi connectivity index (χ2n) is 9.56. The lowest BCUT2D eigenvalue weighted by Gasteiger charge is -2.34. The van der Waals surface area contributed by atoms with Crippen LogP contribution in [0.5, 0.6) is 0 Å². The molecule has 0 unspecified atom stereocenters. The van der Waals surface area contributed by atoms with E-state index >= 15 is 0 Å². The van der Waals surface area contributed by atoms with Gasteiger partial charge < -0.3 is 14.5 Å². The Kier molecular flexibility index (Phi) is 9.24. The summed E-state index contributed by atoms with van der Waals surface area (Å²) < 4.78 is 32.4. The number of likely N-dealkylation sites (N-methyl/N-ethyl adjacent to an activating group) is 1. The number of amides is 1. The number of esters is 1. The van der Waals surface area contributed by atoms with E-state index in [-0.39, 0.29) is 24.1 Å². The van der Waals surface area contributed by atoms with Crippen molar-refractivity contribution in [3.05, 3.63) is 35.9 Å². The van der Waals surface area contributed by atoms with Crippen molar-refractivity contribution in [2.75, 3.05) is 46.8 Å². The molecule has 1 saturated heterocycles. The number of nitrogens with zero attached hydrogens (tertiary/aromatic N) is 3. The van der Waals surface area contributed by atoms with Crippen LogP contribution < -0.4 is 0 Å². The molecule has 0 spiro atoms. The minimum atomic E-state index is -3.44. The van der Waals surface area contributed by atoms with Crippen LogP contribution in [0.25, 0.3) is 0 Å². The lowest BCUT2D eigenvalue weighted by atomic mass is 9.96. The maximum atomic E-state index is 13.2. The van der Waals surface area contributed by atoms with Crippen LogP contribution in [0.1, 0.15) is 39.2 Å². The predicted molar refractivity (Wildman–Crippen MR) is 124 cm³/mol. The smallest absolute Gasteiger partial charge is 0.326 e. The third-order valence-corrected chi connectivity index (χ3v) is 7.11. The molecule has 1 amide bonds. The summed E-state index contributed by atoms with van der Waals surface area (Å²) in [6.07, 6.45) is 0.888. The molecule has 0 aliphatic carbocycles. The molecule has 0 atom stereocenters. The van der Waals surface area contributed by atoms with E-state index in [2.05, 4.69) is 0 Å². The van der Waals surface area contributed by atoms with E-state index in [9.17, 15) is 18.0 Å². The molecule has 0 saturated carbocycles. The van der Waals surface area contributed by atoms with Crippen molar-refractivity contribution < 1.29 is 22.7 Å². The van der Waals surface area contributed by atoms with Crippen molar-refractivity contribution in [1.29, 1.82) is 0 Å². The van der Waals surface area contributed by atoms with Gasteiger partial charge in [0.05, 0.1) is 5.75 Å². The van der Waals surface area contributed by atoms with Crippen LogP contribution in [-0.4, -0.2) is 86.8 Å².